The van der Waals surface area contributed by atoms with E-state index in [4.69, 9.17) is 4.74 Å². The van der Waals surface area contributed by atoms with E-state index in [-0.39, 0.29) is 0 Å². The Morgan fingerprint density at radius 1 is 1.29 bits per heavy atom. The Morgan fingerprint density at radius 2 is 2.12 bits per heavy atom. The highest BCUT2D eigenvalue weighted by Gasteiger charge is 2.31. The lowest BCUT2D eigenvalue weighted by atomic mass is 9.73. The molecular weight excluding hydrogens is 210 g/mol. The van der Waals surface area contributed by atoms with E-state index < -0.39 is 0 Å². The van der Waals surface area contributed by atoms with Gasteiger partial charge in [-0.2, -0.15) is 0 Å². The maximum atomic E-state index is 5.52. The van der Waals surface area contributed by atoms with Gasteiger partial charge in [0.1, 0.15) is 5.75 Å². The number of nitrogens with one attached hydrogen (secondary N) is 1. The molecule has 0 unspecified atom stereocenters. The quantitative estimate of drug-likeness (QED) is 0.860. The first kappa shape index (κ1) is 10.9. The molecule has 92 valence electrons. The van der Waals surface area contributed by atoms with Gasteiger partial charge in [-0.1, -0.05) is 13.8 Å². The molecular formula is C15H21NO. The zero-order chi connectivity index (χ0) is 11.8. The highest BCUT2D eigenvalue weighted by molar-refractivity contribution is 5.53. The fraction of sp³-hybridized carbons (Fsp3) is 0.600. The molecule has 1 saturated carbocycles. The molecule has 3 rings (SSSR count). The highest BCUT2D eigenvalue weighted by atomic mass is 16.5. The van der Waals surface area contributed by atoms with Gasteiger partial charge < -0.3 is 10.1 Å². The van der Waals surface area contributed by atoms with Crippen molar-refractivity contribution < 1.29 is 4.74 Å². The normalized spacial score (nSPS) is 26.3. The summed E-state index contributed by atoms with van der Waals surface area (Å²) in [5.74, 6) is 2.83. The maximum Gasteiger partial charge on any atom is 0.122 e. The third-order valence-corrected chi connectivity index (χ3v) is 4.18. The van der Waals surface area contributed by atoms with Gasteiger partial charge >= 0.3 is 0 Å². The minimum atomic E-state index is 0.683. The Balaban J connectivity index is 1.60. The molecule has 0 bridgehead atoms. The average Bonchev–Trinajstić information content (AvgIpc) is 2.69. The van der Waals surface area contributed by atoms with Crippen LogP contribution in [0.1, 0.15) is 32.3 Å². The number of rotatable bonds is 3. The van der Waals surface area contributed by atoms with Gasteiger partial charge in [0, 0.05) is 18.2 Å². The van der Waals surface area contributed by atoms with Crippen LogP contribution in [-0.2, 0) is 6.42 Å². The molecule has 0 amide bonds. The average molecular weight is 231 g/mol. The molecule has 1 N–H and O–H groups in total. The van der Waals surface area contributed by atoms with Gasteiger partial charge in [0.15, 0.2) is 0 Å². The van der Waals surface area contributed by atoms with Crippen molar-refractivity contribution in [2.24, 2.45) is 11.8 Å². The van der Waals surface area contributed by atoms with E-state index in [1.165, 1.54) is 24.1 Å². The van der Waals surface area contributed by atoms with Gasteiger partial charge in [-0.25, -0.2) is 0 Å². The monoisotopic (exact) mass is 231 g/mol. The van der Waals surface area contributed by atoms with Crippen LogP contribution in [0.25, 0.3) is 0 Å². The summed E-state index contributed by atoms with van der Waals surface area (Å²) in [5.41, 5.74) is 2.62. The summed E-state index contributed by atoms with van der Waals surface area (Å²) in [6.07, 6.45) is 3.71. The molecule has 0 atom stereocenters. The van der Waals surface area contributed by atoms with Crippen LogP contribution in [-0.4, -0.2) is 12.6 Å². The Labute approximate surface area is 103 Å². The summed E-state index contributed by atoms with van der Waals surface area (Å²) < 4.78 is 5.52. The minimum absolute atomic E-state index is 0.683. The van der Waals surface area contributed by atoms with Crippen molar-refractivity contribution in [2.45, 2.75) is 39.2 Å². The fourth-order valence-corrected chi connectivity index (χ4v) is 2.84. The van der Waals surface area contributed by atoms with Gasteiger partial charge in [0.25, 0.3) is 0 Å². The number of fused-ring (bicyclic) bond motifs is 1. The summed E-state index contributed by atoms with van der Waals surface area (Å²) in [4.78, 5) is 0. The van der Waals surface area contributed by atoms with E-state index in [1.807, 2.05) is 0 Å². The van der Waals surface area contributed by atoms with Crippen LogP contribution in [0.15, 0.2) is 18.2 Å². The van der Waals surface area contributed by atoms with E-state index in [0.717, 1.165) is 30.6 Å². The molecule has 1 aliphatic carbocycles. The first-order valence-corrected chi connectivity index (χ1v) is 6.74. The standard InChI is InChI=1S/C15H21NO/c1-10(2)12-8-14(9-12)16-13-3-4-15-11(7-13)5-6-17-15/h3-4,7,10,12,14,16H,5-6,8-9H2,1-2H3. The second-order valence-electron chi connectivity index (χ2n) is 5.74. The van der Waals surface area contributed by atoms with E-state index >= 15 is 0 Å². The summed E-state index contributed by atoms with van der Waals surface area (Å²) in [5, 5.41) is 3.64. The molecule has 17 heavy (non-hydrogen) atoms. The van der Waals surface area contributed by atoms with Crippen molar-refractivity contribution in [1.29, 1.82) is 0 Å². The van der Waals surface area contributed by atoms with Crippen molar-refractivity contribution in [3.8, 4) is 5.75 Å². The van der Waals surface area contributed by atoms with Crippen LogP contribution in [0.2, 0.25) is 0 Å². The fourth-order valence-electron chi connectivity index (χ4n) is 2.84. The van der Waals surface area contributed by atoms with Crippen LogP contribution in [0.3, 0.4) is 0 Å². The lowest BCUT2D eigenvalue weighted by molar-refractivity contribution is 0.212. The maximum absolute atomic E-state index is 5.52. The minimum Gasteiger partial charge on any atom is -0.493 e. The topological polar surface area (TPSA) is 21.3 Å². The summed E-state index contributed by atoms with van der Waals surface area (Å²) >= 11 is 0. The number of anilines is 1. The Morgan fingerprint density at radius 3 is 2.88 bits per heavy atom. The van der Waals surface area contributed by atoms with Gasteiger partial charge in [0.05, 0.1) is 6.61 Å². The van der Waals surface area contributed by atoms with Crippen molar-refractivity contribution in [2.75, 3.05) is 11.9 Å². The van der Waals surface area contributed by atoms with Gasteiger partial charge in [-0.15, -0.1) is 0 Å². The van der Waals surface area contributed by atoms with E-state index in [0.29, 0.717) is 6.04 Å². The first-order valence-electron chi connectivity index (χ1n) is 6.74. The van der Waals surface area contributed by atoms with Crippen LogP contribution in [0.4, 0.5) is 5.69 Å². The third kappa shape index (κ3) is 2.13. The molecule has 2 heteroatoms. The second-order valence-corrected chi connectivity index (χ2v) is 5.74. The number of hydrogen-bond donors (Lipinski definition) is 1. The second kappa shape index (κ2) is 4.25. The largest absolute Gasteiger partial charge is 0.493 e. The van der Waals surface area contributed by atoms with Crippen molar-refractivity contribution in [3.63, 3.8) is 0 Å². The zero-order valence-corrected chi connectivity index (χ0v) is 10.7. The van der Waals surface area contributed by atoms with Crippen LogP contribution in [0.5, 0.6) is 5.75 Å². The summed E-state index contributed by atoms with van der Waals surface area (Å²) in [6.45, 7) is 5.50. The van der Waals surface area contributed by atoms with E-state index in [1.54, 1.807) is 0 Å². The molecule has 0 saturated heterocycles. The molecule has 0 spiro atoms. The predicted molar refractivity (Wildman–Crippen MR) is 70.6 cm³/mol. The van der Waals surface area contributed by atoms with E-state index in [9.17, 15) is 0 Å². The number of ether oxygens (including phenoxy) is 1. The summed E-state index contributed by atoms with van der Waals surface area (Å²) in [6, 6.07) is 7.18. The Bertz CT molecular complexity index is 407. The van der Waals surface area contributed by atoms with Gasteiger partial charge in [-0.05, 0) is 48.4 Å². The molecule has 1 aromatic rings. The van der Waals surface area contributed by atoms with Crippen LogP contribution in [0, 0.1) is 11.8 Å². The van der Waals surface area contributed by atoms with Gasteiger partial charge in [0.2, 0.25) is 0 Å². The molecule has 1 aromatic carbocycles. The van der Waals surface area contributed by atoms with E-state index in [2.05, 4.69) is 37.4 Å². The predicted octanol–water partition coefficient (Wildman–Crippen LogP) is 3.47. The first-order chi connectivity index (χ1) is 8.22. The lowest BCUT2D eigenvalue weighted by Gasteiger charge is -2.39. The molecule has 1 fully saturated rings. The van der Waals surface area contributed by atoms with Gasteiger partial charge in [-0.3, -0.25) is 0 Å². The Kier molecular flexibility index (Phi) is 2.73. The van der Waals surface area contributed by atoms with Crippen molar-refractivity contribution >= 4 is 5.69 Å². The van der Waals surface area contributed by atoms with Crippen molar-refractivity contribution in [1.82, 2.24) is 0 Å². The van der Waals surface area contributed by atoms with Crippen LogP contribution < -0.4 is 10.1 Å². The molecule has 0 radical (unpaired) electrons. The SMILES string of the molecule is CC(C)C1CC(Nc2ccc3c(c2)CCO3)C1. The molecule has 1 aliphatic heterocycles. The van der Waals surface area contributed by atoms with Crippen molar-refractivity contribution in [3.05, 3.63) is 23.8 Å². The Hall–Kier alpha value is -1.18. The number of hydrogen-bond acceptors (Lipinski definition) is 2. The molecule has 2 nitrogen and oxygen atoms in total. The zero-order valence-electron chi connectivity index (χ0n) is 10.7. The van der Waals surface area contributed by atoms with Crippen LogP contribution >= 0.6 is 0 Å². The molecule has 0 aromatic heterocycles. The summed E-state index contributed by atoms with van der Waals surface area (Å²) in [7, 11) is 0. The molecule has 2 aliphatic rings. The third-order valence-electron chi connectivity index (χ3n) is 4.18. The smallest absolute Gasteiger partial charge is 0.122 e. The highest BCUT2D eigenvalue weighted by Crippen LogP contribution is 2.36. The lowest BCUT2D eigenvalue weighted by Crippen LogP contribution is -2.37. The molecule has 1 heterocycles. The number of benzene rings is 1.